The first-order valence-electron chi connectivity index (χ1n) is 2.28. The summed E-state index contributed by atoms with van der Waals surface area (Å²) in [6.07, 6.45) is 2.04. The van der Waals surface area contributed by atoms with Crippen LogP contribution in [0, 0.1) is 0 Å². The zero-order valence-electron chi connectivity index (χ0n) is 3.96. The summed E-state index contributed by atoms with van der Waals surface area (Å²) in [6.45, 7) is 0.939. The largest absolute Gasteiger partial charge is 0.289 e. The number of hydrogen-bond acceptors (Lipinski definition) is 2. The number of nitrogens with zero attached hydrogens (tertiary/aromatic N) is 1. The molecular formula is C4H7NOS. The summed E-state index contributed by atoms with van der Waals surface area (Å²) < 4.78 is 1.72. The van der Waals surface area contributed by atoms with E-state index in [1.807, 2.05) is 0 Å². The first kappa shape index (κ1) is 4.97. The van der Waals surface area contributed by atoms with Crippen molar-refractivity contribution in [1.29, 1.82) is 0 Å². The second kappa shape index (κ2) is 2.21. The minimum absolute atomic E-state index is 0.887. The van der Waals surface area contributed by atoms with Gasteiger partial charge in [0.25, 0.3) is 0 Å². The molecule has 40 valence electrons. The molecule has 0 N–H and O–H groups in total. The highest BCUT2D eigenvalue weighted by Gasteiger charge is 2.07. The third kappa shape index (κ3) is 1.09. The molecule has 1 saturated heterocycles. The molecule has 1 rings (SSSR count). The van der Waals surface area contributed by atoms with Crippen molar-refractivity contribution in [2.24, 2.45) is 0 Å². The Kier molecular flexibility index (Phi) is 1.57. The van der Waals surface area contributed by atoms with Gasteiger partial charge in [-0.3, -0.25) is 9.10 Å². The van der Waals surface area contributed by atoms with E-state index in [0.29, 0.717) is 0 Å². The van der Waals surface area contributed by atoms with Crippen LogP contribution in [0.3, 0.4) is 0 Å². The molecule has 1 aliphatic heterocycles. The number of carbonyl (C=O) groups is 1. The van der Waals surface area contributed by atoms with Crippen LogP contribution in [-0.2, 0) is 4.79 Å². The fraction of sp³-hybridized carbons (Fsp3) is 0.750. The standard InChI is InChI=1S/C4H7NOS/c6-4-5-2-1-3-7-5/h4H,1-3H2. The van der Waals surface area contributed by atoms with E-state index in [1.165, 1.54) is 0 Å². The minimum Gasteiger partial charge on any atom is -0.289 e. The highest BCUT2D eigenvalue weighted by atomic mass is 32.2. The normalized spacial score (nSPS) is 20.3. The SMILES string of the molecule is O=CN1CCCS1. The molecule has 0 aromatic carbocycles. The Balaban J connectivity index is 2.26. The Hall–Kier alpha value is -0.180. The van der Waals surface area contributed by atoms with Gasteiger partial charge < -0.3 is 0 Å². The molecule has 0 spiro atoms. The van der Waals surface area contributed by atoms with Crippen LogP contribution in [0.1, 0.15) is 6.42 Å². The third-order valence-corrected chi connectivity index (χ3v) is 1.97. The van der Waals surface area contributed by atoms with E-state index in [-0.39, 0.29) is 0 Å². The van der Waals surface area contributed by atoms with Crippen molar-refractivity contribution in [2.45, 2.75) is 6.42 Å². The van der Waals surface area contributed by atoms with E-state index in [2.05, 4.69) is 0 Å². The van der Waals surface area contributed by atoms with Gasteiger partial charge in [0.15, 0.2) is 0 Å². The van der Waals surface area contributed by atoms with Crippen molar-refractivity contribution < 1.29 is 4.79 Å². The van der Waals surface area contributed by atoms with Crippen LogP contribution in [0.2, 0.25) is 0 Å². The topological polar surface area (TPSA) is 20.3 Å². The summed E-state index contributed by atoms with van der Waals surface area (Å²) in [7, 11) is 0. The molecule has 0 unspecified atom stereocenters. The van der Waals surface area contributed by atoms with E-state index >= 15 is 0 Å². The predicted molar refractivity (Wildman–Crippen MR) is 29.8 cm³/mol. The monoisotopic (exact) mass is 117 g/mol. The van der Waals surface area contributed by atoms with Gasteiger partial charge in [0.2, 0.25) is 6.41 Å². The van der Waals surface area contributed by atoms with Gasteiger partial charge in [0, 0.05) is 12.3 Å². The average molecular weight is 117 g/mol. The van der Waals surface area contributed by atoms with Gasteiger partial charge in [-0.25, -0.2) is 0 Å². The number of amides is 1. The van der Waals surface area contributed by atoms with Crippen LogP contribution in [0.5, 0.6) is 0 Å². The summed E-state index contributed by atoms with van der Waals surface area (Å²) >= 11 is 1.61. The summed E-state index contributed by atoms with van der Waals surface area (Å²) in [6, 6.07) is 0. The molecule has 0 aliphatic carbocycles. The molecular weight excluding hydrogens is 110 g/mol. The van der Waals surface area contributed by atoms with Crippen LogP contribution in [0.25, 0.3) is 0 Å². The zero-order chi connectivity index (χ0) is 5.11. The van der Waals surface area contributed by atoms with Gasteiger partial charge in [0.05, 0.1) is 0 Å². The van der Waals surface area contributed by atoms with E-state index in [9.17, 15) is 4.79 Å². The van der Waals surface area contributed by atoms with Crippen molar-refractivity contribution in [3.8, 4) is 0 Å². The Morgan fingerprint density at radius 2 is 2.57 bits per heavy atom. The molecule has 0 aromatic heterocycles. The van der Waals surface area contributed by atoms with Crippen LogP contribution >= 0.6 is 11.9 Å². The van der Waals surface area contributed by atoms with Crippen molar-refractivity contribution in [1.82, 2.24) is 4.31 Å². The van der Waals surface area contributed by atoms with Gasteiger partial charge in [-0.1, -0.05) is 0 Å². The molecule has 0 atom stereocenters. The lowest BCUT2D eigenvalue weighted by molar-refractivity contribution is -0.113. The van der Waals surface area contributed by atoms with E-state index in [1.54, 1.807) is 16.3 Å². The molecule has 0 saturated carbocycles. The van der Waals surface area contributed by atoms with Gasteiger partial charge in [-0.2, -0.15) is 0 Å². The first-order valence-corrected chi connectivity index (χ1v) is 3.22. The average Bonchev–Trinajstić information content (AvgIpc) is 2.14. The van der Waals surface area contributed by atoms with Crippen molar-refractivity contribution >= 4 is 18.4 Å². The lowest BCUT2D eigenvalue weighted by atomic mass is 10.5. The summed E-state index contributed by atoms with van der Waals surface area (Å²) in [4.78, 5) is 9.91. The molecule has 1 heterocycles. The third-order valence-electron chi connectivity index (χ3n) is 0.898. The van der Waals surface area contributed by atoms with Crippen LogP contribution in [0.15, 0.2) is 0 Å². The molecule has 0 bridgehead atoms. The van der Waals surface area contributed by atoms with Gasteiger partial charge in [-0.15, -0.1) is 0 Å². The smallest absolute Gasteiger partial charge is 0.219 e. The quantitative estimate of drug-likeness (QED) is 0.368. The van der Waals surface area contributed by atoms with Crippen molar-refractivity contribution in [3.63, 3.8) is 0 Å². The van der Waals surface area contributed by atoms with Crippen LogP contribution in [-0.4, -0.2) is 23.0 Å². The zero-order valence-corrected chi connectivity index (χ0v) is 4.78. The summed E-state index contributed by atoms with van der Waals surface area (Å²) in [5.41, 5.74) is 0. The van der Waals surface area contributed by atoms with Crippen molar-refractivity contribution in [3.05, 3.63) is 0 Å². The summed E-state index contributed by atoms with van der Waals surface area (Å²) in [5, 5.41) is 0. The van der Waals surface area contributed by atoms with Crippen LogP contribution < -0.4 is 0 Å². The maximum atomic E-state index is 9.91. The van der Waals surface area contributed by atoms with Gasteiger partial charge in [0.1, 0.15) is 0 Å². The highest BCUT2D eigenvalue weighted by Crippen LogP contribution is 2.16. The van der Waals surface area contributed by atoms with Crippen LogP contribution in [0.4, 0.5) is 0 Å². The molecule has 1 fully saturated rings. The lowest BCUT2D eigenvalue weighted by Crippen LogP contribution is -2.06. The van der Waals surface area contributed by atoms with Gasteiger partial charge in [-0.05, 0) is 18.4 Å². The van der Waals surface area contributed by atoms with Crippen molar-refractivity contribution in [2.75, 3.05) is 12.3 Å². The first-order chi connectivity index (χ1) is 3.43. The number of hydrogen-bond donors (Lipinski definition) is 0. The molecule has 3 heteroatoms. The maximum absolute atomic E-state index is 9.91. The molecule has 0 aromatic rings. The fourth-order valence-electron chi connectivity index (χ4n) is 0.550. The molecule has 2 nitrogen and oxygen atoms in total. The minimum atomic E-state index is 0.887. The fourth-order valence-corrected chi connectivity index (χ4v) is 1.36. The maximum Gasteiger partial charge on any atom is 0.219 e. The molecule has 1 amide bonds. The van der Waals surface area contributed by atoms with E-state index < -0.39 is 0 Å². The van der Waals surface area contributed by atoms with E-state index in [4.69, 9.17) is 0 Å². The molecule has 7 heavy (non-hydrogen) atoms. The van der Waals surface area contributed by atoms with E-state index in [0.717, 1.165) is 25.1 Å². The number of rotatable bonds is 1. The summed E-state index contributed by atoms with van der Waals surface area (Å²) in [5.74, 6) is 1.11. The highest BCUT2D eigenvalue weighted by molar-refractivity contribution is 7.97. The second-order valence-corrected chi connectivity index (χ2v) is 2.57. The second-order valence-electron chi connectivity index (χ2n) is 1.43. The Bertz CT molecular complexity index is 70.1. The lowest BCUT2D eigenvalue weighted by Gasteiger charge is -2.01. The number of carbonyl (C=O) groups excluding carboxylic acids is 1. The molecule has 1 aliphatic rings. The Morgan fingerprint density at radius 1 is 1.71 bits per heavy atom. The van der Waals surface area contributed by atoms with Gasteiger partial charge >= 0.3 is 0 Å². The molecule has 0 radical (unpaired) electrons. The Labute approximate surface area is 47.0 Å². The predicted octanol–water partition coefficient (Wildman–Crippen LogP) is 0.497. The Morgan fingerprint density at radius 3 is 2.86 bits per heavy atom.